The number of ether oxygens (including phenoxy) is 2. The average Bonchev–Trinajstić information content (AvgIpc) is 2.72. The number of carbonyl (C=O) groups is 1. The van der Waals surface area contributed by atoms with Crippen molar-refractivity contribution in [2.24, 2.45) is 0 Å². The Kier molecular flexibility index (Phi) is 2.54. The number of rotatable bonds is 0. The number of hydrogen-bond donors (Lipinski definition) is 2. The SMILES string of the molecule is N=C1CC2OC[C@H]3O[C@H](C4OP(=O)([O-])OC43)N2C(=O)N1. The molecule has 0 aromatic carbocycles. The lowest BCUT2D eigenvalue weighted by atomic mass is 10.1. The molecule has 0 aliphatic carbocycles. The third-order valence-electron chi connectivity index (χ3n) is 3.70. The lowest BCUT2D eigenvalue weighted by Crippen LogP contribution is -2.61. The van der Waals surface area contributed by atoms with E-state index in [1.54, 1.807) is 0 Å². The number of amidine groups is 1. The van der Waals surface area contributed by atoms with Crippen LogP contribution in [0.1, 0.15) is 6.42 Å². The Hall–Kier alpha value is -1.03. The third-order valence-corrected chi connectivity index (χ3v) is 4.70. The summed E-state index contributed by atoms with van der Waals surface area (Å²) in [5.74, 6) is 0.0451. The molecule has 4 fully saturated rings. The van der Waals surface area contributed by atoms with Crippen molar-refractivity contribution >= 4 is 19.7 Å². The second-order valence-corrected chi connectivity index (χ2v) is 6.28. The summed E-state index contributed by atoms with van der Waals surface area (Å²) in [4.78, 5) is 24.6. The van der Waals surface area contributed by atoms with E-state index < -0.39 is 44.6 Å². The van der Waals surface area contributed by atoms with Crippen molar-refractivity contribution < 1.29 is 32.8 Å². The highest BCUT2D eigenvalue weighted by atomic mass is 31.2. The Morgan fingerprint density at radius 3 is 2.95 bits per heavy atom. The molecule has 0 aromatic heterocycles. The van der Waals surface area contributed by atoms with Crippen molar-refractivity contribution in [3.8, 4) is 0 Å². The van der Waals surface area contributed by atoms with E-state index in [4.69, 9.17) is 23.9 Å². The Labute approximate surface area is 113 Å². The van der Waals surface area contributed by atoms with Crippen molar-refractivity contribution in [2.75, 3.05) is 6.61 Å². The second-order valence-electron chi connectivity index (χ2n) is 4.96. The minimum absolute atomic E-state index is 0.0451. The van der Waals surface area contributed by atoms with E-state index in [2.05, 4.69) is 5.32 Å². The smallest absolute Gasteiger partial charge is 0.326 e. The highest BCUT2D eigenvalue weighted by Gasteiger charge is 2.60. The van der Waals surface area contributed by atoms with E-state index in [-0.39, 0.29) is 18.9 Å². The average molecular weight is 304 g/mol. The van der Waals surface area contributed by atoms with Gasteiger partial charge in [-0.15, -0.1) is 0 Å². The summed E-state index contributed by atoms with van der Waals surface area (Å²) in [6, 6.07) is -0.575. The van der Waals surface area contributed by atoms with Crippen LogP contribution >= 0.6 is 7.82 Å². The van der Waals surface area contributed by atoms with Gasteiger partial charge in [-0.25, -0.2) is 4.79 Å². The third kappa shape index (κ3) is 1.73. The van der Waals surface area contributed by atoms with Crippen LogP contribution in [-0.4, -0.2) is 54.1 Å². The van der Waals surface area contributed by atoms with Gasteiger partial charge in [-0.05, 0) is 0 Å². The fourth-order valence-corrected chi connectivity index (χ4v) is 4.03. The molecule has 0 saturated carbocycles. The van der Waals surface area contributed by atoms with Gasteiger partial charge in [0.05, 0.1) is 13.0 Å². The van der Waals surface area contributed by atoms with Crippen LogP contribution in [0, 0.1) is 5.41 Å². The predicted octanol–water partition coefficient (Wildman–Crippen LogP) is -1.29. The summed E-state index contributed by atoms with van der Waals surface area (Å²) in [5, 5.41) is 9.88. The number of fused-ring (bicyclic) bond motifs is 7. The monoisotopic (exact) mass is 304 g/mol. The van der Waals surface area contributed by atoms with Gasteiger partial charge in [-0.3, -0.25) is 20.2 Å². The van der Waals surface area contributed by atoms with Gasteiger partial charge < -0.3 is 23.4 Å². The first-order chi connectivity index (χ1) is 9.44. The van der Waals surface area contributed by atoms with Gasteiger partial charge in [0, 0.05) is 0 Å². The highest BCUT2D eigenvalue weighted by molar-refractivity contribution is 7.46. The van der Waals surface area contributed by atoms with Crippen molar-refractivity contribution in [1.82, 2.24) is 10.2 Å². The largest absolute Gasteiger partial charge is 0.756 e. The quantitative estimate of drug-likeness (QED) is 0.532. The molecule has 4 aliphatic rings. The Morgan fingerprint density at radius 2 is 2.15 bits per heavy atom. The maximum atomic E-state index is 12.0. The summed E-state index contributed by atoms with van der Waals surface area (Å²) < 4.78 is 32.3. The number of nitrogens with zero attached hydrogens (tertiary/aromatic N) is 1. The molecule has 4 unspecified atom stereocenters. The molecule has 4 saturated heterocycles. The van der Waals surface area contributed by atoms with E-state index >= 15 is 0 Å². The molecule has 110 valence electrons. The lowest BCUT2D eigenvalue weighted by molar-refractivity contribution is -0.222. The Bertz CT molecular complexity index is 542. The molecule has 4 heterocycles. The number of phosphoric acid groups is 1. The van der Waals surface area contributed by atoms with E-state index in [0.29, 0.717) is 0 Å². The summed E-state index contributed by atoms with van der Waals surface area (Å²) in [5.41, 5.74) is 0. The molecule has 2 N–H and O–H groups in total. The van der Waals surface area contributed by atoms with Gasteiger partial charge in [-0.1, -0.05) is 0 Å². The van der Waals surface area contributed by atoms with E-state index in [1.165, 1.54) is 4.90 Å². The summed E-state index contributed by atoms with van der Waals surface area (Å²) in [7, 11) is -4.36. The van der Waals surface area contributed by atoms with Crippen LogP contribution in [-0.2, 0) is 23.1 Å². The molecule has 2 bridgehead atoms. The summed E-state index contributed by atoms with van der Waals surface area (Å²) >= 11 is 0. The standard InChI is InChI=1S/C9H12N3O7P/c10-4-1-5-12(9(13)11-4)8-7-6(3(17-8)2-16-5)18-20(14,15)19-7/h3,5-8H,1-2H2,(H,14,15)(H2,10,11,13)/p-1/t3-,5?,6?,7?,8-/m1/s1. The van der Waals surface area contributed by atoms with Gasteiger partial charge in [0.2, 0.25) is 0 Å². The lowest BCUT2D eigenvalue weighted by Gasteiger charge is -2.39. The van der Waals surface area contributed by atoms with Crippen molar-refractivity contribution in [2.45, 2.75) is 37.2 Å². The highest BCUT2D eigenvalue weighted by Crippen LogP contribution is 2.55. The first kappa shape index (κ1) is 12.7. The van der Waals surface area contributed by atoms with Crippen LogP contribution in [0.2, 0.25) is 0 Å². The molecular formula is C9H11N3O7P-. The van der Waals surface area contributed by atoms with Crippen LogP contribution in [0.15, 0.2) is 0 Å². The molecule has 0 aromatic rings. The minimum Gasteiger partial charge on any atom is -0.756 e. The van der Waals surface area contributed by atoms with E-state index in [1.807, 2.05) is 0 Å². The van der Waals surface area contributed by atoms with Gasteiger partial charge in [0.1, 0.15) is 30.4 Å². The Balaban J connectivity index is 1.68. The first-order valence-corrected chi connectivity index (χ1v) is 7.52. The van der Waals surface area contributed by atoms with Crippen LogP contribution in [0.3, 0.4) is 0 Å². The molecule has 4 aliphatic heterocycles. The molecule has 10 nitrogen and oxygen atoms in total. The van der Waals surface area contributed by atoms with Crippen molar-refractivity contribution in [3.05, 3.63) is 0 Å². The molecule has 2 amide bonds. The molecule has 6 atom stereocenters. The Morgan fingerprint density at radius 1 is 1.40 bits per heavy atom. The number of amides is 2. The van der Waals surface area contributed by atoms with Gasteiger partial charge >= 0.3 is 6.03 Å². The predicted molar refractivity (Wildman–Crippen MR) is 58.5 cm³/mol. The van der Waals surface area contributed by atoms with Gasteiger partial charge in [0.15, 0.2) is 6.23 Å². The zero-order valence-corrected chi connectivity index (χ0v) is 10.9. The summed E-state index contributed by atoms with van der Waals surface area (Å²) in [6.07, 6.45) is -3.71. The molecule has 0 spiro atoms. The molecule has 4 rings (SSSR count). The zero-order valence-electron chi connectivity index (χ0n) is 10.1. The fourth-order valence-electron chi connectivity index (χ4n) is 2.90. The normalized spacial score (nSPS) is 50.5. The van der Waals surface area contributed by atoms with Crippen LogP contribution in [0.4, 0.5) is 4.79 Å². The number of phosphoric ester groups is 1. The number of carbonyl (C=O) groups excluding carboxylic acids is 1. The molecule has 0 radical (unpaired) electrons. The van der Waals surface area contributed by atoms with Gasteiger partial charge in [-0.2, -0.15) is 0 Å². The minimum atomic E-state index is -4.36. The topological polar surface area (TPSA) is 133 Å². The van der Waals surface area contributed by atoms with Crippen LogP contribution in [0.25, 0.3) is 0 Å². The maximum absolute atomic E-state index is 12.0. The number of hydrogen-bond acceptors (Lipinski definition) is 8. The second kappa shape index (κ2) is 4.00. The molecular weight excluding hydrogens is 293 g/mol. The van der Waals surface area contributed by atoms with Crippen molar-refractivity contribution in [3.63, 3.8) is 0 Å². The van der Waals surface area contributed by atoms with Crippen molar-refractivity contribution in [1.29, 1.82) is 5.41 Å². The van der Waals surface area contributed by atoms with Gasteiger partial charge in [0.25, 0.3) is 7.82 Å². The maximum Gasteiger partial charge on any atom is 0.326 e. The summed E-state index contributed by atoms with van der Waals surface area (Å²) in [6.45, 7) is 0.0722. The number of nitrogens with one attached hydrogen (secondary N) is 2. The van der Waals surface area contributed by atoms with E-state index in [9.17, 15) is 14.3 Å². The van der Waals surface area contributed by atoms with Crippen LogP contribution < -0.4 is 10.2 Å². The fraction of sp³-hybridized carbons (Fsp3) is 0.778. The van der Waals surface area contributed by atoms with Crippen LogP contribution in [0.5, 0.6) is 0 Å². The number of urea groups is 1. The molecule has 20 heavy (non-hydrogen) atoms. The van der Waals surface area contributed by atoms with E-state index in [0.717, 1.165) is 0 Å². The zero-order chi connectivity index (χ0) is 14.1. The first-order valence-electron chi connectivity index (χ1n) is 6.06. The molecule has 11 heteroatoms.